The SMILES string of the molecule is CC/C=C\C1=C(C/C=N\C)C(C(C)CCCCC)=CC(/C(C)=C/N)N1. The number of rotatable bonds is 10. The number of dihydropyridines is 1. The van der Waals surface area contributed by atoms with Gasteiger partial charge in [-0.1, -0.05) is 52.2 Å². The Morgan fingerprint density at radius 3 is 2.72 bits per heavy atom. The zero-order valence-corrected chi connectivity index (χ0v) is 16.8. The smallest absolute Gasteiger partial charge is 0.0677 e. The predicted octanol–water partition coefficient (Wildman–Crippen LogP) is 5.27. The van der Waals surface area contributed by atoms with Crippen LogP contribution < -0.4 is 11.1 Å². The third-order valence-electron chi connectivity index (χ3n) is 4.85. The Hall–Kier alpha value is -1.77. The summed E-state index contributed by atoms with van der Waals surface area (Å²) in [4.78, 5) is 4.21. The van der Waals surface area contributed by atoms with Gasteiger partial charge in [0.1, 0.15) is 0 Å². The fraction of sp³-hybridized carbons (Fsp3) is 0.591. The molecule has 0 aromatic rings. The van der Waals surface area contributed by atoms with Gasteiger partial charge in [0.2, 0.25) is 0 Å². The van der Waals surface area contributed by atoms with Crippen LogP contribution in [0.4, 0.5) is 0 Å². The minimum Gasteiger partial charge on any atom is -0.405 e. The van der Waals surface area contributed by atoms with Crippen molar-refractivity contribution in [2.75, 3.05) is 7.05 Å². The summed E-state index contributed by atoms with van der Waals surface area (Å²) in [5, 5.41) is 3.66. The maximum atomic E-state index is 5.80. The molecule has 1 rings (SSSR count). The summed E-state index contributed by atoms with van der Waals surface area (Å²) < 4.78 is 0. The standard InChI is InChI=1S/C22H37N3/c1-6-8-10-11-17(3)20-15-22(18(4)16-23)25-21(12-9-7-2)19(20)13-14-24-5/h9,12,14-17,22,25H,6-8,10-11,13,23H2,1-5H3/b12-9-,18-16+,24-14-. The first-order chi connectivity index (χ1) is 12.1. The molecule has 0 spiro atoms. The maximum absolute atomic E-state index is 5.80. The van der Waals surface area contributed by atoms with E-state index in [2.05, 4.69) is 56.2 Å². The van der Waals surface area contributed by atoms with Crippen LogP contribution in [0, 0.1) is 5.92 Å². The number of aliphatic imine (C=N–C) groups is 1. The van der Waals surface area contributed by atoms with Gasteiger partial charge in [-0.2, -0.15) is 0 Å². The normalized spacial score (nSPS) is 20.3. The van der Waals surface area contributed by atoms with E-state index in [1.54, 1.807) is 6.20 Å². The monoisotopic (exact) mass is 343 g/mol. The lowest BCUT2D eigenvalue weighted by Gasteiger charge is -2.31. The first-order valence-corrected chi connectivity index (χ1v) is 9.76. The Labute approximate surface area is 154 Å². The van der Waals surface area contributed by atoms with Gasteiger partial charge >= 0.3 is 0 Å². The molecule has 1 aliphatic rings. The molecule has 3 heteroatoms. The van der Waals surface area contributed by atoms with Crippen molar-refractivity contribution in [2.45, 2.75) is 72.3 Å². The second-order valence-corrected chi connectivity index (χ2v) is 6.90. The summed E-state index contributed by atoms with van der Waals surface area (Å²) >= 11 is 0. The van der Waals surface area contributed by atoms with Crippen molar-refractivity contribution in [3.05, 3.63) is 46.8 Å². The molecule has 140 valence electrons. The Kier molecular flexibility index (Phi) is 9.98. The molecule has 0 aromatic carbocycles. The Morgan fingerprint density at radius 2 is 2.12 bits per heavy atom. The highest BCUT2D eigenvalue weighted by molar-refractivity contribution is 5.66. The number of allylic oxidation sites excluding steroid dienone is 4. The highest BCUT2D eigenvalue weighted by Crippen LogP contribution is 2.33. The average molecular weight is 344 g/mol. The van der Waals surface area contributed by atoms with E-state index in [1.165, 1.54) is 42.5 Å². The molecular weight excluding hydrogens is 306 g/mol. The van der Waals surface area contributed by atoms with Crippen LogP contribution in [0.3, 0.4) is 0 Å². The summed E-state index contributed by atoms with van der Waals surface area (Å²) in [6, 6.07) is 0.174. The lowest BCUT2D eigenvalue weighted by atomic mass is 9.83. The van der Waals surface area contributed by atoms with Crippen LogP contribution in [0.5, 0.6) is 0 Å². The molecule has 0 fully saturated rings. The van der Waals surface area contributed by atoms with Crippen LogP contribution >= 0.6 is 0 Å². The van der Waals surface area contributed by atoms with Gasteiger partial charge < -0.3 is 16.0 Å². The van der Waals surface area contributed by atoms with Crippen molar-refractivity contribution in [1.82, 2.24) is 5.32 Å². The molecule has 0 radical (unpaired) electrons. The summed E-state index contributed by atoms with van der Waals surface area (Å²) in [5.74, 6) is 0.548. The molecule has 2 unspecified atom stereocenters. The fourth-order valence-electron chi connectivity index (χ4n) is 3.19. The van der Waals surface area contributed by atoms with Gasteiger partial charge in [-0.05, 0) is 54.7 Å². The Morgan fingerprint density at radius 1 is 1.36 bits per heavy atom. The zero-order valence-electron chi connectivity index (χ0n) is 16.8. The molecule has 0 saturated carbocycles. The number of nitrogens with one attached hydrogen (secondary N) is 1. The first kappa shape index (κ1) is 21.3. The molecule has 0 bridgehead atoms. The van der Waals surface area contributed by atoms with Crippen LogP contribution in [0.2, 0.25) is 0 Å². The van der Waals surface area contributed by atoms with Crippen LogP contribution in [-0.4, -0.2) is 19.3 Å². The quantitative estimate of drug-likeness (QED) is 0.419. The lowest BCUT2D eigenvalue weighted by molar-refractivity contribution is 0.546. The molecule has 0 amide bonds. The lowest BCUT2D eigenvalue weighted by Crippen LogP contribution is -2.33. The second-order valence-electron chi connectivity index (χ2n) is 6.90. The van der Waals surface area contributed by atoms with E-state index in [4.69, 9.17) is 5.73 Å². The van der Waals surface area contributed by atoms with Crippen molar-refractivity contribution in [3.63, 3.8) is 0 Å². The van der Waals surface area contributed by atoms with Crippen molar-refractivity contribution in [2.24, 2.45) is 16.6 Å². The van der Waals surface area contributed by atoms with Gasteiger partial charge in [0.15, 0.2) is 0 Å². The number of hydrogen-bond donors (Lipinski definition) is 2. The number of hydrogen-bond acceptors (Lipinski definition) is 3. The van der Waals surface area contributed by atoms with E-state index in [0.717, 1.165) is 18.4 Å². The Balaban J connectivity index is 3.23. The van der Waals surface area contributed by atoms with E-state index < -0.39 is 0 Å². The molecule has 25 heavy (non-hydrogen) atoms. The summed E-state index contributed by atoms with van der Waals surface area (Å²) in [5.41, 5.74) is 11.0. The zero-order chi connectivity index (χ0) is 18.7. The fourth-order valence-corrected chi connectivity index (χ4v) is 3.19. The van der Waals surface area contributed by atoms with Crippen molar-refractivity contribution in [1.29, 1.82) is 0 Å². The number of nitrogens with zero attached hydrogens (tertiary/aromatic N) is 1. The minimum absolute atomic E-state index is 0.174. The molecule has 1 heterocycles. The van der Waals surface area contributed by atoms with E-state index in [0.29, 0.717) is 5.92 Å². The summed E-state index contributed by atoms with van der Waals surface area (Å²) in [7, 11) is 1.84. The minimum atomic E-state index is 0.174. The highest BCUT2D eigenvalue weighted by atomic mass is 14.9. The molecule has 3 N–H and O–H groups in total. The van der Waals surface area contributed by atoms with Crippen LogP contribution in [0.1, 0.15) is 66.2 Å². The van der Waals surface area contributed by atoms with E-state index >= 15 is 0 Å². The topological polar surface area (TPSA) is 50.4 Å². The van der Waals surface area contributed by atoms with E-state index in [-0.39, 0.29) is 6.04 Å². The third-order valence-corrected chi connectivity index (χ3v) is 4.85. The average Bonchev–Trinajstić information content (AvgIpc) is 2.63. The molecule has 0 saturated heterocycles. The molecule has 0 aliphatic carbocycles. The summed E-state index contributed by atoms with van der Waals surface area (Å²) in [6.07, 6.45) is 17.5. The molecule has 3 nitrogen and oxygen atoms in total. The van der Waals surface area contributed by atoms with Crippen LogP contribution in [-0.2, 0) is 0 Å². The van der Waals surface area contributed by atoms with Gasteiger partial charge in [-0.15, -0.1) is 0 Å². The third kappa shape index (κ3) is 6.56. The van der Waals surface area contributed by atoms with Gasteiger partial charge in [0, 0.05) is 25.4 Å². The number of unbranched alkanes of at least 4 members (excludes halogenated alkanes) is 2. The van der Waals surface area contributed by atoms with Gasteiger partial charge in [-0.25, -0.2) is 0 Å². The first-order valence-electron chi connectivity index (χ1n) is 9.76. The summed E-state index contributed by atoms with van der Waals surface area (Å²) in [6.45, 7) is 8.87. The van der Waals surface area contributed by atoms with Crippen molar-refractivity contribution >= 4 is 6.21 Å². The predicted molar refractivity (Wildman–Crippen MR) is 112 cm³/mol. The second kappa shape index (κ2) is 11.7. The Bertz CT molecular complexity index is 550. The van der Waals surface area contributed by atoms with Gasteiger partial charge in [0.25, 0.3) is 0 Å². The maximum Gasteiger partial charge on any atom is 0.0677 e. The van der Waals surface area contributed by atoms with E-state index in [9.17, 15) is 0 Å². The van der Waals surface area contributed by atoms with Gasteiger partial charge in [-0.3, -0.25) is 0 Å². The van der Waals surface area contributed by atoms with Gasteiger partial charge in [0.05, 0.1) is 6.04 Å². The van der Waals surface area contributed by atoms with Crippen LogP contribution in [0.15, 0.2) is 51.8 Å². The highest BCUT2D eigenvalue weighted by Gasteiger charge is 2.23. The van der Waals surface area contributed by atoms with Crippen molar-refractivity contribution in [3.8, 4) is 0 Å². The van der Waals surface area contributed by atoms with Crippen molar-refractivity contribution < 1.29 is 0 Å². The molecule has 1 aliphatic heterocycles. The number of nitrogens with two attached hydrogens (primary N) is 1. The molecule has 2 atom stereocenters. The molecule has 0 aromatic heterocycles. The molecular formula is C22H37N3. The van der Waals surface area contributed by atoms with E-state index in [1.807, 2.05) is 13.3 Å². The largest absolute Gasteiger partial charge is 0.405 e. The van der Waals surface area contributed by atoms with Crippen LogP contribution in [0.25, 0.3) is 0 Å².